The van der Waals surface area contributed by atoms with Crippen LogP contribution in [0.5, 0.6) is 0 Å². The van der Waals surface area contributed by atoms with Crippen molar-refractivity contribution >= 4 is 38.9 Å². The maximum atomic E-state index is 5.79. The normalized spacial score (nSPS) is 19.1. The Hall–Kier alpha value is -2.18. The second-order valence-electron chi connectivity index (χ2n) is 7.04. The molecule has 3 heterocycles. The topological polar surface area (TPSA) is 33.1 Å². The van der Waals surface area contributed by atoms with Gasteiger partial charge in [0.25, 0.3) is 0 Å². The molecule has 6 heteroatoms. The van der Waals surface area contributed by atoms with Crippen molar-refractivity contribution in [2.75, 3.05) is 4.90 Å². The molecule has 1 N–H and O–H groups in total. The van der Waals surface area contributed by atoms with E-state index in [1.54, 1.807) is 0 Å². The number of pyridine rings is 1. The highest BCUT2D eigenvalue weighted by Gasteiger charge is 2.42. The molecule has 0 aliphatic carbocycles. The number of nitrogens with one attached hydrogen (secondary N) is 1. The molecule has 0 radical (unpaired) electrons. The molecule has 1 aliphatic rings. The zero-order valence-corrected chi connectivity index (χ0v) is 18.6. The molecule has 28 heavy (non-hydrogen) atoms. The van der Waals surface area contributed by atoms with Gasteiger partial charge in [-0.15, -0.1) is 0 Å². The number of rotatable bonds is 4. The van der Waals surface area contributed by atoms with Gasteiger partial charge in [0.05, 0.1) is 17.8 Å². The van der Waals surface area contributed by atoms with Gasteiger partial charge in [-0.05, 0) is 81.0 Å². The highest BCUT2D eigenvalue weighted by Crippen LogP contribution is 2.43. The highest BCUT2D eigenvalue weighted by atomic mass is 79.9. The standard InChI is InChI=1S/C22H23BrN4S/c1-4-26-14(2)13-18(15(26)3)21-20(19-7-5-6-12-24-19)25-22(28)27(21)17-10-8-16(23)9-11-17/h5-13,20-21H,4H2,1-3H3,(H,25,28)/t20-,21-/m0/s1. The Bertz CT molecular complexity index is 997. The van der Waals surface area contributed by atoms with Crippen LogP contribution in [0.3, 0.4) is 0 Å². The Labute approximate surface area is 179 Å². The summed E-state index contributed by atoms with van der Waals surface area (Å²) in [6, 6.07) is 16.7. The van der Waals surface area contributed by atoms with Gasteiger partial charge < -0.3 is 14.8 Å². The summed E-state index contributed by atoms with van der Waals surface area (Å²) in [7, 11) is 0. The Morgan fingerprint density at radius 3 is 2.50 bits per heavy atom. The zero-order valence-electron chi connectivity index (χ0n) is 16.2. The van der Waals surface area contributed by atoms with Crippen LogP contribution in [0.4, 0.5) is 5.69 Å². The number of benzene rings is 1. The van der Waals surface area contributed by atoms with E-state index in [0.29, 0.717) is 0 Å². The highest BCUT2D eigenvalue weighted by molar-refractivity contribution is 9.10. The minimum atomic E-state index is -0.0110. The molecule has 2 atom stereocenters. The molecule has 1 saturated heterocycles. The molecule has 3 aromatic rings. The molecule has 0 bridgehead atoms. The monoisotopic (exact) mass is 454 g/mol. The Balaban J connectivity index is 1.88. The molecule has 144 valence electrons. The predicted octanol–water partition coefficient (Wildman–Crippen LogP) is 5.46. The lowest BCUT2D eigenvalue weighted by molar-refractivity contribution is 0.563. The van der Waals surface area contributed by atoms with E-state index in [2.05, 4.69) is 92.9 Å². The fourth-order valence-electron chi connectivity index (χ4n) is 4.16. The van der Waals surface area contributed by atoms with Crippen molar-refractivity contribution in [1.29, 1.82) is 0 Å². The van der Waals surface area contributed by atoms with Crippen molar-refractivity contribution in [3.63, 3.8) is 0 Å². The van der Waals surface area contributed by atoms with Crippen molar-refractivity contribution in [3.05, 3.63) is 81.8 Å². The molecule has 4 rings (SSSR count). The van der Waals surface area contributed by atoms with Crippen LogP contribution in [0.25, 0.3) is 0 Å². The summed E-state index contributed by atoms with van der Waals surface area (Å²) in [5.41, 5.74) is 5.90. The van der Waals surface area contributed by atoms with E-state index in [4.69, 9.17) is 12.2 Å². The van der Waals surface area contributed by atoms with Gasteiger partial charge in [0.15, 0.2) is 5.11 Å². The third kappa shape index (κ3) is 3.25. The van der Waals surface area contributed by atoms with Crippen molar-refractivity contribution in [3.8, 4) is 0 Å². The second-order valence-corrected chi connectivity index (χ2v) is 8.35. The number of anilines is 1. The predicted molar refractivity (Wildman–Crippen MR) is 122 cm³/mol. The minimum Gasteiger partial charge on any atom is -0.351 e. The average molecular weight is 455 g/mol. The van der Waals surface area contributed by atoms with Crippen LogP contribution >= 0.6 is 28.1 Å². The lowest BCUT2D eigenvalue weighted by Gasteiger charge is -2.28. The molecule has 0 saturated carbocycles. The van der Waals surface area contributed by atoms with Crippen LogP contribution in [0, 0.1) is 13.8 Å². The smallest absolute Gasteiger partial charge is 0.174 e. The summed E-state index contributed by atoms with van der Waals surface area (Å²) < 4.78 is 3.41. The average Bonchev–Trinajstić information content (AvgIpc) is 3.18. The van der Waals surface area contributed by atoms with Gasteiger partial charge in [0.2, 0.25) is 0 Å². The maximum absolute atomic E-state index is 5.79. The van der Waals surface area contributed by atoms with E-state index in [1.165, 1.54) is 17.0 Å². The summed E-state index contributed by atoms with van der Waals surface area (Å²) in [5.74, 6) is 0. The molecule has 0 spiro atoms. The van der Waals surface area contributed by atoms with Crippen molar-refractivity contribution < 1.29 is 0 Å². The first kappa shape index (κ1) is 19.2. The number of thiocarbonyl (C=S) groups is 1. The van der Waals surface area contributed by atoms with Gasteiger partial charge in [-0.3, -0.25) is 4.98 Å². The summed E-state index contributed by atoms with van der Waals surface area (Å²) in [5, 5.41) is 4.26. The third-order valence-electron chi connectivity index (χ3n) is 5.45. The van der Waals surface area contributed by atoms with Gasteiger partial charge in [-0.2, -0.15) is 0 Å². The van der Waals surface area contributed by atoms with E-state index in [9.17, 15) is 0 Å². The van der Waals surface area contributed by atoms with E-state index < -0.39 is 0 Å². The van der Waals surface area contributed by atoms with E-state index in [0.717, 1.165) is 27.5 Å². The lowest BCUT2D eigenvalue weighted by Crippen LogP contribution is -2.29. The Kier molecular flexibility index (Phi) is 5.25. The van der Waals surface area contributed by atoms with Crippen LogP contribution in [-0.2, 0) is 6.54 Å². The molecule has 0 unspecified atom stereocenters. The van der Waals surface area contributed by atoms with E-state index >= 15 is 0 Å². The fraction of sp³-hybridized carbons (Fsp3) is 0.273. The van der Waals surface area contributed by atoms with Gasteiger partial charge in [0, 0.05) is 34.3 Å². The third-order valence-corrected chi connectivity index (χ3v) is 6.29. The minimum absolute atomic E-state index is 0.0110. The fourth-order valence-corrected chi connectivity index (χ4v) is 4.77. The van der Waals surface area contributed by atoms with Gasteiger partial charge in [-0.25, -0.2) is 0 Å². The number of hydrogen-bond acceptors (Lipinski definition) is 2. The van der Waals surface area contributed by atoms with Crippen LogP contribution in [-0.4, -0.2) is 14.7 Å². The first-order valence-electron chi connectivity index (χ1n) is 9.44. The van der Waals surface area contributed by atoms with Crippen molar-refractivity contribution in [2.24, 2.45) is 0 Å². The SMILES string of the molecule is CCn1c(C)cc([C@H]2[C@H](c3ccccn3)NC(=S)N2c2ccc(Br)cc2)c1C. The number of halogens is 1. The summed E-state index contributed by atoms with van der Waals surface area (Å²) in [4.78, 5) is 6.85. The van der Waals surface area contributed by atoms with E-state index in [-0.39, 0.29) is 12.1 Å². The molecular weight excluding hydrogens is 432 g/mol. The lowest BCUT2D eigenvalue weighted by atomic mass is 9.96. The first-order chi connectivity index (χ1) is 13.5. The number of nitrogens with zero attached hydrogens (tertiary/aromatic N) is 3. The molecule has 4 nitrogen and oxygen atoms in total. The van der Waals surface area contributed by atoms with Crippen molar-refractivity contribution in [1.82, 2.24) is 14.9 Å². The Morgan fingerprint density at radius 2 is 1.89 bits per heavy atom. The first-order valence-corrected chi connectivity index (χ1v) is 10.6. The van der Waals surface area contributed by atoms with Crippen LogP contribution in [0.1, 0.15) is 41.7 Å². The summed E-state index contributed by atoms with van der Waals surface area (Å²) in [6.07, 6.45) is 1.84. The van der Waals surface area contributed by atoms with Gasteiger partial charge >= 0.3 is 0 Å². The number of aryl methyl sites for hydroxylation is 1. The quantitative estimate of drug-likeness (QED) is 0.530. The van der Waals surface area contributed by atoms with Gasteiger partial charge in [0.1, 0.15) is 0 Å². The van der Waals surface area contributed by atoms with Crippen LogP contribution < -0.4 is 10.2 Å². The molecule has 1 aliphatic heterocycles. The van der Waals surface area contributed by atoms with Crippen LogP contribution in [0.15, 0.2) is 59.2 Å². The summed E-state index contributed by atoms with van der Waals surface area (Å²) >= 11 is 9.32. The molecule has 1 aromatic carbocycles. The van der Waals surface area contributed by atoms with Crippen molar-refractivity contribution in [2.45, 2.75) is 39.4 Å². The number of hydrogen-bond donors (Lipinski definition) is 1. The van der Waals surface area contributed by atoms with Crippen LogP contribution in [0.2, 0.25) is 0 Å². The zero-order chi connectivity index (χ0) is 19.8. The number of aromatic nitrogens is 2. The molecule has 2 aromatic heterocycles. The Morgan fingerprint density at radius 1 is 1.14 bits per heavy atom. The molecule has 1 fully saturated rings. The molecule has 0 amide bonds. The summed E-state index contributed by atoms with van der Waals surface area (Å²) in [6.45, 7) is 7.50. The molecular formula is C22H23BrN4S. The largest absolute Gasteiger partial charge is 0.351 e. The second kappa shape index (κ2) is 7.68. The van der Waals surface area contributed by atoms with Gasteiger partial charge in [-0.1, -0.05) is 22.0 Å². The van der Waals surface area contributed by atoms with E-state index in [1.807, 2.05) is 18.3 Å². The maximum Gasteiger partial charge on any atom is 0.174 e.